The Bertz CT molecular complexity index is 1290. The maximum atomic E-state index is 13.9. The quantitative estimate of drug-likeness (QED) is 0.386. The van der Waals surface area contributed by atoms with Gasteiger partial charge in [0, 0.05) is 5.56 Å². The van der Waals surface area contributed by atoms with Crippen molar-refractivity contribution in [1.29, 1.82) is 0 Å². The molecule has 0 aliphatic heterocycles. The van der Waals surface area contributed by atoms with Crippen LogP contribution < -0.4 is 9.73 Å². The van der Waals surface area contributed by atoms with Gasteiger partial charge in [-0.15, -0.1) is 0 Å². The van der Waals surface area contributed by atoms with E-state index in [-0.39, 0.29) is 15.5 Å². The highest BCUT2D eigenvalue weighted by molar-refractivity contribution is 7.92. The van der Waals surface area contributed by atoms with Gasteiger partial charge in [0.2, 0.25) is 0 Å². The number of anilines is 1. The fourth-order valence-electron chi connectivity index (χ4n) is 3.09. The first-order valence-electron chi connectivity index (χ1n) is 10.0. The predicted molar refractivity (Wildman–Crippen MR) is 129 cm³/mol. The van der Waals surface area contributed by atoms with Crippen molar-refractivity contribution in [2.24, 2.45) is 5.10 Å². The monoisotopic (exact) mass is 487 g/mol. The fraction of sp³-hybridized carbons (Fsp3) is 0.167. The first-order chi connectivity index (χ1) is 15.6. The molecule has 0 saturated carbocycles. The lowest BCUT2D eigenvalue weighted by atomic mass is 10.1. The van der Waals surface area contributed by atoms with Crippen molar-refractivity contribution in [2.75, 3.05) is 10.8 Å². The second kappa shape index (κ2) is 10.1. The summed E-state index contributed by atoms with van der Waals surface area (Å²) < 4.78 is 41.9. The van der Waals surface area contributed by atoms with Crippen molar-refractivity contribution < 1.29 is 17.6 Å². The number of hydrogen-bond acceptors (Lipinski definition) is 4. The van der Waals surface area contributed by atoms with Crippen molar-refractivity contribution in [1.82, 2.24) is 5.43 Å². The summed E-state index contributed by atoms with van der Waals surface area (Å²) in [5.74, 6) is -1.30. The second-order valence-corrected chi connectivity index (χ2v) is 9.81. The highest BCUT2D eigenvalue weighted by atomic mass is 35.5. The molecule has 0 saturated heterocycles. The number of hydrogen-bond donors (Lipinski definition) is 1. The smallest absolute Gasteiger partial charge is 0.264 e. The molecular formula is C24H23ClFN3O3S. The number of benzene rings is 3. The van der Waals surface area contributed by atoms with Gasteiger partial charge in [-0.2, -0.15) is 5.10 Å². The van der Waals surface area contributed by atoms with Crippen LogP contribution in [0.1, 0.15) is 22.3 Å². The van der Waals surface area contributed by atoms with Gasteiger partial charge in [0.1, 0.15) is 12.4 Å². The van der Waals surface area contributed by atoms with E-state index in [4.69, 9.17) is 11.6 Å². The van der Waals surface area contributed by atoms with Crippen molar-refractivity contribution in [3.05, 3.63) is 93.8 Å². The number of carbonyl (C=O) groups is 1. The van der Waals surface area contributed by atoms with E-state index in [0.29, 0.717) is 11.3 Å². The highest BCUT2D eigenvalue weighted by Gasteiger charge is 2.28. The van der Waals surface area contributed by atoms with E-state index < -0.39 is 28.3 Å². The highest BCUT2D eigenvalue weighted by Crippen LogP contribution is 2.28. The predicted octanol–water partition coefficient (Wildman–Crippen LogP) is 4.75. The molecule has 0 heterocycles. The summed E-state index contributed by atoms with van der Waals surface area (Å²) in [6, 6.07) is 15.9. The van der Waals surface area contributed by atoms with Gasteiger partial charge in [0.15, 0.2) is 0 Å². The Hall–Kier alpha value is -3.23. The first-order valence-corrected chi connectivity index (χ1v) is 11.8. The average Bonchev–Trinajstić information content (AvgIpc) is 2.76. The zero-order valence-electron chi connectivity index (χ0n) is 18.3. The molecule has 0 spiro atoms. The van der Waals surface area contributed by atoms with Gasteiger partial charge in [0.05, 0.1) is 21.8 Å². The number of sulfonamides is 1. The van der Waals surface area contributed by atoms with Crippen LogP contribution in [0.5, 0.6) is 0 Å². The molecule has 6 nitrogen and oxygen atoms in total. The van der Waals surface area contributed by atoms with Gasteiger partial charge < -0.3 is 0 Å². The lowest BCUT2D eigenvalue weighted by Gasteiger charge is -2.25. The van der Waals surface area contributed by atoms with E-state index in [1.54, 1.807) is 31.2 Å². The molecule has 0 aliphatic carbocycles. The normalized spacial score (nSPS) is 11.5. The number of aryl methyl sites for hydroxylation is 3. The number of carbonyl (C=O) groups excluding carboxylic acids is 1. The van der Waals surface area contributed by atoms with E-state index in [9.17, 15) is 17.6 Å². The van der Waals surface area contributed by atoms with Crippen molar-refractivity contribution in [3.8, 4) is 0 Å². The summed E-state index contributed by atoms with van der Waals surface area (Å²) in [6.45, 7) is 4.93. The number of nitrogens with one attached hydrogen (secondary N) is 1. The molecule has 33 heavy (non-hydrogen) atoms. The minimum absolute atomic E-state index is 0.0122. The van der Waals surface area contributed by atoms with Crippen molar-refractivity contribution in [2.45, 2.75) is 25.7 Å². The molecule has 0 radical (unpaired) electrons. The van der Waals surface area contributed by atoms with Crippen LogP contribution in [-0.2, 0) is 14.8 Å². The molecule has 9 heteroatoms. The number of hydrazone groups is 1. The van der Waals surface area contributed by atoms with Gasteiger partial charge in [0.25, 0.3) is 15.9 Å². The first kappa shape index (κ1) is 24.4. The van der Waals surface area contributed by atoms with Crippen molar-refractivity contribution in [3.63, 3.8) is 0 Å². The van der Waals surface area contributed by atoms with Crippen LogP contribution in [0.2, 0.25) is 5.02 Å². The average molecular weight is 488 g/mol. The van der Waals surface area contributed by atoms with Gasteiger partial charge in [-0.3, -0.25) is 9.10 Å². The Morgan fingerprint density at radius 1 is 1.06 bits per heavy atom. The topological polar surface area (TPSA) is 78.8 Å². The molecule has 3 aromatic rings. The molecular weight excluding hydrogens is 465 g/mol. The molecule has 3 rings (SSSR count). The largest absolute Gasteiger partial charge is 0.271 e. The van der Waals surface area contributed by atoms with Crippen LogP contribution in [0.4, 0.5) is 10.1 Å². The van der Waals surface area contributed by atoms with Crippen LogP contribution in [0.15, 0.2) is 70.7 Å². The van der Waals surface area contributed by atoms with Gasteiger partial charge >= 0.3 is 0 Å². The van der Waals surface area contributed by atoms with Crippen LogP contribution in [0.3, 0.4) is 0 Å². The summed E-state index contributed by atoms with van der Waals surface area (Å²) >= 11 is 5.95. The minimum atomic E-state index is -4.06. The summed E-state index contributed by atoms with van der Waals surface area (Å²) in [5, 5.41) is 3.88. The summed E-state index contributed by atoms with van der Waals surface area (Å²) in [6.07, 6.45) is 1.08. The molecule has 0 atom stereocenters. The summed E-state index contributed by atoms with van der Waals surface area (Å²) in [7, 11) is -4.06. The molecule has 0 aromatic heterocycles. The number of halogens is 2. The third-order valence-electron chi connectivity index (χ3n) is 4.91. The molecule has 172 valence electrons. The molecule has 3 aromatic carbocycles. The Balaban J connectivity index is 1.91. The summed E-state index contributed by atoms with van der Waals surface area (Å²) in [4.78, 5) is 12.7. The van der Waals surface area contributed by atoms with Gasteiger partial charge in [-0.1, -0.05) is 47.5 Å². The van der Waals surface area contributed by atoms with Crippen LogP contribution in [0, 0.1) is 26.6 Å². The minimum Gasteiger partial charge on any atom is -0.271 e. The third-order valence-corrected chi connectivity index (χ3v) is 7.02. The molecule has 1 amide bonds. The number of rotatable bonds is 7. The third kappa shape index (κ3) is 5.77. The van der Waals surface area contributed by atoms with E-state index in [2.05, 4.69) is 10.5 Å². The molecule has 1 N–H and O–H groups in total. The van der Waals surface area contributed by atoms with Gasteiger partial charge in [-0.25, -0.2) is 18.2 Å². The molecule has 0 unspecified atom stereocenters. The maximum absolute atomic E-state index is 13.9. The van der Waals surface area contributed by atoms with E-state index in [0.717, 1.165) is 21.6 Å². The van der Waals surface area contributed by atoms with E-state index >= 15 is 0 Å². The zero-order valence-corrected chi connectivity index (χ0v) is 19.9. The fourth-order valence-corrected chi connectivity index (χ4v) is 4.78. The van der Waals surface area contributed by atoms with Crippen LogP contribution >= 0.6 is 11.6 Å². The Morgan fingerprint density at radius 2 is 1.73 bits per heavy atom. The Kier molecular flexibility index (Phi) is 7.50. The molecule has 0 aliphatic rings. The lowest BCUT2D eigenvalue weighted by molar-refractivity contribution is -0.119. The Labute approximate surface area is 197 Å². The second-order valence-electron chi connectivity index (χ2n) is 7.54. The van der Waals surface area contributed by atoms with Crippen LogP contribution in [0.25, 0.3) is 0 Å². The standard InChI is InChI=1S/C24H23ClFN3O3S/c1-16-8-11-19(12-9-16)33(31,32)29(23-13-17(2)7-10-18(23)3)15-24(30)28-27-14-20-21(25)5-4-6-22(20)26/h4-14H,15H2,1-3H3,(H,28,30)/b27-14-. The number of nitrogens with zero attached hydrogens (tertiary/aromatic N) is 2. The zero-order chi connectivity index (χ0) is 24.2. The maximum Gasteiger partial charge on any atom is 0.264 e. The van der Waals surface area contributed by atoms with Crippen molar-refractivity contribution >= 4 is 39.4 Å². The SMILES string of the molecule is Cc1ccc(S(=O)(=O)N(CC(=O)N/N=C\c2c(F)cccc2Cl)c2cc(C)ccc2C)cc1. The van der Waals surface area contributed by atoms with Crippen LogP contribution in [-0.4, -0.2) is 27.1 Å². The lowest BCUT2D eigenvalue weighted by Crippen LogP contribution is -2.40. The molecule has 0 fully saturated rings. The van der Waals surface area contributed by atoms with E-state index in [1.807, 2.05) is 19.9 Å². The van der Waals surface area contributed by atoms with Gasteiger partial charge in [-0.05, 0) is 62.2 Å². The summed E-state index contributed by atoms with van der Waals surface area (Å²) in [5.41, 5.74) is 5.08. The van der Waals surface area contributed by atoms with E-state index in [1.165, 1.54) is 30.3 Å². The molecule has 0 bridgehead atoms. The Morgan fingerprint density at radius 3 is 2.39 bits per heavy atom. The number of amides is 1.